The van der Waals surface area contributed by atoms with Crippen molar-refractivity contribution >= 4 is 39.5 Å². The lowest BCUT2D eigenvalue weighted by molar-refractivity contribution is -0.131. The first-order valence-electron chi connectivity index (χ1n) is 7.77. The molecule has 0 spiro atoms. The van der Waals surface area contributed by atoms with Crippen molar-refractivity contribution in [2.75, 3.05) is 31.3 Å². The minimum atomic E-state index is -0.0959. The van der Waals surface area contributed by atoms with E-state index in [0.717, 1.165) is 35.6 Å². The van der Waals surface area contributed by atoms with Crippen molar-refractivity contribution < 1.29 is 9.59 Å². The Balaban J connectivity index is 1.46. The standard InChI is InChI=1S/C16H20BrN3O2S/c17-13-3-1-2-12(7-13)15(21)19-9-11-6-14(18-8-11)16(22)20-4-5-23-10-20/h1-3,7,11,14,18H,4-6,8-10H2,(H,19,21)/t11-,14-/m0/s1. The van der Waals surface area contributed by atoms with E-state index in [-0.39, 0.29) is 17.9 Å². The van der Waals surface area contributed by atoms with Gasteiger partial charge in [0.05, 0.1) is 11.9 Å². The highest BCUT2D eigenvalue weighted by molar-refractivity contribution is 9.10. The predicted molar refractivity (Wildman–Crippen MR) is 95.4 cm³/mol. The number of amides is 2. The van der Waals surface area contributed by atoms with E-state index in [1.807, 2.05) is 17.0 Å². The van der Waals surface area contributed by atoms with Crippen LogP contribution in [0, 0.1) is 5.92 Å². The Bertz CT molecular complexity index is 592. The number of benzene rings is 1. The van der Waals surface area contributed by atoms with Crippen LogP contribution in [0.2, 0.25) is 0 Å². The number of hydrogen-bond acceptors (Lipinski definition) is 4. The Hall–Kier alpha value is -1.05. The number of nitrogens with one attached hydrogen (secondary N) is 2. The van der Waals surface area contributed by atoms with Crippen molar-refractivity contribution in [1.82, 2.24) is 15.5 Å². The fourth-order valence-corrected chi connectivity index (χ4v) is 4.28. The summed E-state index contributed by atoms with van der Waals surface area (Å²) < 4.78 is 0.891. The average molecular weight is 398 g/mol. The third kappa shape index (κ3) is 4.28. The van der Waals surface area contributed by atoms with Crippen LogP contribution in [0.15, 0.2) is 28.7 Å². The Morgan fingerprint density at radius 3 is 3.04 bits per heavy atom. The molecule has 2 N–H and O–H groups in total. The van der Waals surface area contributed by atoms with Gasteiger partial charge in [-0.2, -0.15) is 0 Å². The van der Waals surface area contributed by atoms with E-state index in [1.54, 1.807) is 23.9 Å². The maximum atomic E-state index is 12.3. The van der Waals surface area contributed by atoms with Crippen molar-refractivity contribution in [3.63, 3.8) is 0 Å². The predicted octanol–water partition coefficient (Wildman–Crippen LogP) is 1.69. The minimum absolute atomic E-state index is 0.0722. The Morgan fingerprint density at radius 2 is 2.30 bits per heavy atom. The molecular weight excluding hydrogens is 378 g/mol. The van der Waals surface area contributed by atoms with E-state index in [9.17, 15) is 9.59 Å². The van der Waals surface area contributed by atoms with E-state index < -0.39 is 0 Å². The number of thioether (sulfide) groups is 1. The average Bonchev–Trinajstić information content (AvgIpc) is 3.23. The monoisotopic (exact) mass is 397 g/mol. The molecule has 2 saturated heterocycles. The fraction of sp³-hybridized carbons (Fsp3) is 0.500. The second-order valence-corrected chi connectivity index (χ2v) is 7.91. The molecule has 2 heterocycles. The van der Waals surface area contributed by atoms with Gasteiger partial charge in [0.15, 0.2) is 0 Å². The zero-order chi connectivity index (χ0) is 16.2. The molecule has 2 amide bonds. The summed E-state index contributed by atoms with van der Waals surface area (Å²) in [5, 5.41) is 6.27. The van der Waals surface area contributed by atoms with E-state index in [2.05, 4.69) is 26.6 Å². The van der Waals surface area contributed by atoms with Gasteiger partial charge in [-0.15, -0.1) is 11.8 Å². The molecule has 0 bridgehead atoms. The highest BCUT2D eigenvalue weighted by Crippen LogP contribution is 2.20. The van der Waals surface area contributed by atoms with E-state index in [4.69, 9.17) is 0 Å². The molecule has 0 aliphatic carbocycles. The van der Waals surface area contributed by atoms with Crippen molar-refractivity contribution in [2.45, 2.75) is 12.5 Å². The summed E-state index contributed by atoms with van der Waals surface area (Å²) >= 11 is 5.17. The second-order valence-electron chi connectivity index (χ2n) is 5.92. The summed E-state index contributed by atoms with van der Waals surface area (Å²) in [4.78, 5) is 26.4. The van der Waals surface area contributed by atoms with Crippen LogP contribution in [0.3, 0.4) is 0 Å². The zero-order valence-electron chi connectivity index (χ0n) is 12.8. The number of nitrogens with zero attached hydrogens (tertiary/aromatic N) is 1. The van der Waals surface area contributed by atoms with E-state index in [0.29, 0.717) is 18.0 Å². The third-order valence-electron chi connectivity index (χ3n) is 4.22. The van der Waals surface area contributed by atoms with Crippen LogP contribution in [0.25, 0.3) is 0 Å². The largest absolute Gasteiger partial charge is 0.352 e. The zero-order valence-corrected chi connectivity index (χ0v) is 15.2. The first kappa shape index (κ1) is 16.8. The van der Waals surface area contributed by atoms with Gasteiger partial charge in [0.25, 0.3) is 5.91 Å². The van der Waals surface area contributed by atoms with Gasteiger partial charge >= 0.3 is 0 Å². The van der Waals surface area contributed by atoms with Gasteiger partial charge in [-0.1, -0.05) is 22.0 Å². The molecule has 2 atom stereocenters. The van der Waals surface area contributed by atoms with Gasteiger partial charge in [-0.25, -0.2) is 0 Å². The molecule has 1 aromatic rings. The molecule has 2 aliphatic heterocycles. The molecule has 1 aromatic carbocycles. The number of carbonyl (C=O) groups excluding carboxylic acids is 2. The molecule has 0 aromatic heterocycles. The number of rotatable bonds is 4. The Labute approximate surface area is 148 Å². The van der Waals surface area contributed by atoms with Gasteiger partial charge in [0, 0.05) is 35.4 Å². The maximum Gasteiger partial charge on any atom is 0.251 e. The molecule has 23 heavy (non-hydrogen) atoms. The number of carbonyl (C=O) groups is 2. The van der Waals surface area contributed by atoms with Crippen molar-refractivity contribution in [1.29, 1.82) is 0 Å². The molecule has 5 nitrogen and oxygen atoms in total. The van der Waals surface area contributed by atoms with Gasteiger partial charge in [0.1, 0.15) is 0 Å². The van der Waals surface area contributed by atoms with Crippen LogP contribution in [0.5, 0.6) is 0 Å². The highest BCUT2D eigenvalue weighted by atomic mass is 79.9. The molecule has 0 saturated carbocycles. The lowest BCUT2D eigenvalue weighted by Gasteiger charge is -2.19. The third-order valence-corrected chi connectivity index (χ3v) is 5.68. The SMILES string of the molecule is O=C(NC[C@@H]1CN[C@H](C(=O)N2CCSC2)C1)c1cccc(Br)c1. The fourth-order valence-electron chi connectivity index (χ4n) is 2.93. The van der Waals surface area contributed by atoms with Crippen LogP contribution in [-0.2, 0) is 4.79 Å². The van der Waals surface area contributed by atoms with Gasteiger partial charge in [-0.3, -0.25) is 9.59 Å². The number of halogens is 1. The van der Waals surface area contributed by atoms with E-state index >= 15 is 0 Å². The minimum Gasteiger partial charge on any atom is -0.352 e. The maximum absolute atomic E-state index is 12.3. The summed E-state index contributed by atoms with van der Waals surface area (Å²) in [6, 6.07) is 7.24. The molecule has 2 aliphatic rings. The van der Waals surface area contributed by atoms with Crippen molar-refractivity contribution in [3.05, 3.63) is 34.3 Å². The van der Waals surface area contributed by atoms with E-state index in [1.165, 1.54) is 0 Å². The van der Waals surface area contributed by atoms with Gasteiger partial charge in [0.2, 0.25) is 5.91 Å². The Morgan fingerprint density at radius 1 is 1.43 bits per heavy atom. The molecular formula is C16H20BrN3O2S. The lowest BCUT2D eigenvalue weighted by atomic mass is 10.0. The van der Waals surface area contributed by atoms with Crippen molar-refractivity contribution in [3.8, 4) is 0 Å². The lowest BCUT2D eigenvalue weighted by Crippen LogP contribution is -2.42. The molecule has 3 rings (SSSR count). The normalized spacial score (nSPS) is 24.0. The molecule has 0 radical (unpaired) electrons. The molecule has 0 unspecified atom stereocenters. The van der Waals surface area contributed by atoms with Gasteiger partial charge < -0.3 is 15.5 Å². The van der Waals surface area contributed by atoms with Gasteiger partial charge in [-0.05, 0) is 30.5 Å². The van der Waals surface area contributed by atoms with Crippen LogP contribution in [0.4, 0.5) is 0 Å². The van der Waals surface area contributed by atoms with Crippen LogP contribution < -0.4 is 10.6 Å². The van der Waals surface area contributed by atoms with Crippen LogP contribution in [-0.4, -0.2) is 54.0 Å². The number of hydrogen-bond donors (Lipinski definition) is 2. The van der Waals surface area contributed by atoms with Crippen LogP contribution in [0.1, 0.15) is 16.8 Å². The molecule has 7 heteroatoms. The second kappa shape index (κ2) is 7.68. The van der Waals surface area contributed by atoms with Crippen LogP contribution >= 0.6 is 27.7 Å². The summed E-state index contributed by atoms with van der Waals surface area (Å²) in [7, 11) is 0. The molecule has 124 valence electrons. The quantitative estimate of drug-likeness (QED) is 0.811. The summed E-state index contributed by atoms with van der Waals surface area (Å²) in [5.41, 5.74) is 0.645. The highest BCUT2D eigenvalue weighted by Gasteiger charge is 2.33. The summed E-state index contributed by atoms with van der Waals surface area (Å²) in [5.74, 6) is 2.27. The van der Waals surface area contributed by atoms with Crippen molar-refractivity contribution in [2.24, 2.45) is 5.92 Å². The Kier molecular flexibility index (Phi) is 5.61. The smallest absolute Gasteiger partial charge is 0.251 e. The topological polar surface area (TPSA) is 61.4 Å². The first-order valence-corrected chi connectivity index (χ1v) is 9.72. The molecule has 2 fully saturated rings. The summed E-state index contributed by atoms with van der Waals surface area (Å²) in [6.07, 6.45) is 0.790. The summed E-state index contributed by atoms with van der Waals surface area (Å²) in [6.45, 7) is 2.22. The first-order chi connectivity index (χ1) is 11.1.